The maximum atomic E-state index is 12.6. The zero-order valence-corrected chi connectivity index (χ0v) is 14.7. The van der Waals surface area contributed by atoms with Crippen LogP contribution in [-0.2, 0) is 19.9 Å². The molecule has 2 rings (SSSR count). The van der Waals surface area contributed by atoms with E-state index in [1.165, 1.54) is 6.92 Å². The van der Waals surface area contributed by atoms with E-state index >= 15 is 0 Å². The van der Waals surface area contributed by atoms with E-state index in [4.69, 9.17) is 4.74 Å². The molecule has 0 saturated heterocycles. The number of esters is 1. The lowest BCUT2D eigenvalue weighted by molar-refractivity contribution is -0.145. The third-order valence-corrected chi connectivity index (χ3v) is 4.66. The monoisotopic (exact) mass is 317 g/mol. The van der Waals surface area contributed by atoms with Crippen molar-refractivity contribution in [2.24, 2.45) is 10.8 Å². The van der Waals surface area contributed by atoms with E-state index < -0.39 is 0 Å². The summed E-state index contributed by atoms with van der Waals surface area (Å²) in [5.41, 5.74) is 0.524. The zero-order chi connectivity index (χ0) is 17.3. The van der Waals surface area contributed by atoms with Gasteiger partial charge in [-0.3, -0.25) is 9.59 Å². The highest BCUT2D eigenvalue weighted by Crippen LogP contribution is 2.62. The molecule has 0 bridgehead atoms. The standard InChI is InChI=1S/C19H27NO3/c1-14(21)23-13-17(2,3)11-16(22)20-19(12-18(19,4)5)15-9-7-6-8-10-15/h6-10H,11-13H2,1-5H3,(H,20,22). The van der Waals surface area contributed by atoms with Crippen molar-refractivity contribution in [1.82, 2.24) is 5.32 Å². The summed E-state index contributed by atoms with van der Waals surface area (Å²) in [6.45, 7) is 9.84. The minimum Gasteiger partial charge on any atom is -0.465 e. The number of hydrogen-bond acceptors (Lipinski definition) is 3. The van der Waals surface area contributed by atoms with E-state index in [0.29, 0.717) is 6.42 Å². The second-order valence-electron chi connectivity index (χ2n) is 8.00. The molecule has 0 spiro atoms. The summed E-state index contributed by atoms with van der Waals surface area (Å²) in [5, 5.41) is 3.24. The Morgan fingerprint density at radius 2 is 1.78 bits per heavy atom. The van der Waals surface area contributed by atoms with E-state index in [9.17, 15) is 9.59 Å². The van der Waals surface area contributed by atoms with Gasteiger partial charge in [-0.15, -0.1) is 0 Å². The summed E-state index contributed by atoms with van der Waals surface area (Å²) in [7, 11) is 0. The van der Waals surface area contributed by atoms with E-state index in [2.05, 4.69) is 31.3 Å². The molecule has 1 fully saturated rings. The molecule has 0 aromatic heterocycles. The SMILES string of the molecule is CC(=O)OCC(C)(C)CC(=O)NC1(c2ccccc2)CC1(C)C. The van der Waals surface area contributed by atoms with Crippen molar-refractivity contribution in [2.45, 2.75) is 53.0 Å². The molecule has 1 saturated carbocycles. The highest BCUT2D eigenvalue weighted by molar-refractivity contribution is 5.78. The van der Waals surface area contributed by atoms with Crippen molar-refractivity contribution in [2.75, 3.05) is 6.61 Å². The van der Waals surface area contributed by atoms with Crippen LogP contribution in [0.2, 0.25) is 0 Å². The predicted octanol–water partition coefficient (Wildman–Crippen LogP) is 3.41. The first-order chi connectivity index (χ1) is 10.6. The lowest BCUT2D eigenvalue weighted by Gasteiger charge is -2.27. The lowest BCUT2D eigenvalue weighted by Crippen LogP contribution is -2.41. The van der Waals surface area contributed by atoms with Crippen molar-refractivity contribution >= 4 is 11.9 Å². The van der Waals surface area contributed by atoms with Crippen molar-refractivity contribution < 1.29 is 14.3 Å². The van der Waals surface area contributed by atoms with Gasteiger partial charge >= 0.3 is 5.97 Å². The molecule has 4 nitrogen and oxygen atoms in total. The van der Waals surface area contributed by atoms with Crippen LogP contribution in [0, 0.1) is 10.8 Å². The minimum atomic E-state index is -0.382. The van der Waals surface area contributed by atoms with Gasteiger partial charge in [-0.25, -0.2) is 0 Å². The molecular formula is C19H27NO3. The Hall–Kier alpha value is -1.84. The first kappa shape index (κ1) is 17.5. The predicted molar refractivity (Wildman–Crippen MR) is 89.7 cm³/mol. The van der Waals surface area contributed by atoms with Gasteiger partial charge in [0.25, 0.3) is 0 Å². The topological polar surface area (TPSA) is 55.4 Å². The molecule has 0 radical (unpaired) electrons. The Kier molecular flexibility index (Phi) is 4.56. The third-order valence-electron chi connectivity index (χ3n) is 4.66. The second kappa shape index (κ2) is 5.99. The number of rotatable bonds is 6. The van der Waals surface area contributed by atoms with Crippen LogP contribution in [0.5, 0.6) is 0 Å². The van der Waals surface area contributed by atoms with Gasteiger partial charge in [0.1, 0.15) is 0 Å². The summed E-state index contributed by atoms with van der Waals surface area (Å²) in [4.78, 5) is 23.5. The Morgan fingerprint density at radius 1 is 1.22 bits per heavy atom. The van der Waals surface area contributed by atoms with Gasteiger partial charge in [0.15, 0.2) is 0 Å². The zero-order valence-electron chi connectivity index (χ0n) is 14.7. The van der Waals surface area contributed by atoms with Crippen molar-refractivity contribution in [3.05, 3.63) is 35.9 Å². The van der Waals surface area contributed by atoms with Gasteiger partial charge in [0, 0.05) is 18.8 Å². The van der Waals surface area contributed by atoms with Gasteiger partial charge in [0.2, 0.25) is 5.91 Å². The van der Waals surface area contributed by atoms with Crippen LogP contribution in [-0.4, -0.2) is 18.5 Å². The van der Waals surface area contributed by atoms with Crippen molar-refractivity contribution in [3.8, 4) is 0 Å². The highest BCUT2D eigenvalue weighted by atomic mass is 16.5. The molecule has 1 aromatic rings. The molecular weight excluding hydrogens is 290 g/mol. The summed E-state index contributed by atoms with van der Waals surface area (Å²) in [6.07, 6.45) is 1.26. The summed E-state index contributed by atoms with van der Waals surface area (Å²) in [5.74, 6) is -0.320. The molecule has 1 amide bonds. The molecule has 1 aliphatic carbocycles. The quantitative estimate of drug-likeness (QED) is 0.818. The molecule has 1 N–H and O–H groups in total. The van der Waals surface area contributed by atoms with Gasteiger partial charge in [-0.2, -0.15) is 0 Å². The van der Waals surface area contributed by atoms with Crippen LogP contribution in [0.3, 0.4) is 0 Å². The van der Waals surface area contributed by atoms with Gasteiger partial charge in [-0.05, 0) is 17.4 Å². The van der Waals surface area contributed by atoms with E-state index in [1.54, 1.807) is 0 Å². The first-order valence-corrected chi connectivity index (χ1v) is 8.08. The number of ether oxygens (including phenoxy) is 1. The van der Waals surface area contributed by atoms with E-state index in [-0.39, 0.29) is 34.9 Å². The fourth-order valence-corrected chi connectivity index (χ4v) is 3.18. The Balaban J connectivity index is 2.05. The molecule has 0 aliphatic heterocycles. The Morgan fingerprint density at radius 3 is 2.26 bits per heavy atom. The fourth-order valence-electron chi connectivity index (χ4n) is 3.18. The smallest absolute Gasteiger partial charge is 0.302 e. The fraction of sp³-hybridized carbons (Fsp3) is 0.579. The van der Waals surface area contributed by atoms with Crippen LogP contribution >= 0.6 is 0 Å². The average Bonchev–Trinajstić information content (AvgIpc) is 2.99. The third kappa shape index (κ3) is 3.92. The maximum Gasteiger partial charge on any atom is 0.302 e. The van der Waals surface area contributed by atoms with Crippen LogP contribution in [0.1, 0.15) is 53.0 Å². The van der Waals surface area contributed by atoms with Gasteiger partial charge < -0.3 is 10.1 Å². The summed E-state index contributed by atoms with van der Waals surface area (Å²) in [6, 6.07) is 10.1. The Bertz CT molecular complexity index is 592. The number of carbonyl (C=O) groups excluding carboxylic acids is 2. The molecule has 1 atom stereocenters. The molecule has 1 unspecified atom stereocenters. The number of benzene rings is 1. The van der Waals surface area contributed by atoms with Crippen LogP contribution in [0.4, 0.5) is 0 Å². The van der Waals surface area contributed by atoms with Crippen LogP contribution in [0.15, 0.2) is 30.3 Å². The van der Waals surface area contributed by atoms with Crippen molar-refractivity contribution in [1.29, 1.82) is 0 Å². The average molecular weight is 317 g/mol. The van der Waals surface area contributed by atoms with Gasteiger partial charge in [-0.1, -0.05) is 58.0 Å². The minimum absolute atomic E-state index is 0.00317. The lowest BCUT2D eigenvalue weighted by atomic mass is 9.89. The molecule has 0 heterocycles. The molecule has 4 heteroatoms. The summed E-state index contributed by atoms with van der Waals surface area (Å²) < 4.78 is 5.06. The maximum absolute atomic E-state index is 12.6. The first-order valence-electron chi connectivity index (χ1n) is 8.08. The number of carbonyl (C=O) groups is 2. The second-order valence-corrected chi connectivity index (χ2v) is 8.00. The van der Waals surface area contributed by atoms with Crippen LogP contribution in [0.25, 0.3) is 0 Å². The van der Waals surface area contributed by atoms with Crippen molar-refractivity contribution in [3.63, 3.8) is 0 Å². The molecule has 1 aliphatic rings. The number of hydrogen-bond donors (Lipinski definition) is 1. The largest absolute Gasteiger partial charge is 0.465 e. The van der Waals surface area contributed by atoms with Crippen LogP contribution < -0.4 is 5.32 Å². The normalized spacial score (nSPS) is 22.3. The molecule has 23 heavy (non-hydrogen) atoms. The summed E-state index contributed by atoms with van der Waals surface area (Å²) >= 11 is 0. The molecule has 126 valence electrons. The van der Waals surface area contributed by atoms with E-state index in [0.717, 1.165) is 12.0 Å². The number of nitrogens with one attached hydrogen (secondary N) is 1. The Labute approximate surface area is 138 Å². The molecule has 1 aromatic carbocycles. The van der Waals surface area contributed by atoms with Gasteiger partial charge in [0.05, 0.1) is 12.1 Å². The van der Waals surface area contributed by atoms with E-state index in [1.807, 2.05) is 32.0 Å². The number of amides is 1. The highest BCUT2D eigenvalue weighted by Gasteiger charge is 2.63.